The highest BCUT2D eigenvalue weighted by molar-refractivity contribution is 7.99. The number of carbonyl (C=O) groups excluding carboxylic acids is 1. The smallest absolute Gasteiger partial charge is 0.277 e. The molecular weight excluding hydrogens is 378 g/mol. The Kier molecular flexibility index (Phi) is 6.49. The van der Waals surface area contributed by atoms with Crippen molar-refractivity contribution in [2.24, 2.45) is 0 Å². The van der Waals surface area contributed by atoms with Gasteiger partial charge in [0.25, 0.3) is 5.22 Å². The predicted octanol–water partition coefficient (Wildman–Crippen LogP) is 2.61. The fraction of sp³-hybridized carbons (Fsp3) is 0.263. The van der Waals surface area contributed by atoms with Gasteiger partial charge in [-0.1, -0.05) is 17.8 Å². The van der Waals surface area contributed by atoms with Gasteiger partial charge in [0.2, 0.25) is 11.8 Å². The zero-order chi connectivity index (χ0) is 19.9. The molecule has 8 nitrogen and oxygen atoms in total. The largest absolute Gasteiger partial charge is 0.497 e. The maximum atomic E-state index is 12.1. The summed E-state index contributed by atoms with van der Waals surface area (Å²) in [7, 11) is 5.44. The molecule has 0 aliphatic carbocycles. The van der Waals surface area contributed by atoms with Gasteiger partial charge in [0.05, 0.1) is 12.9 Å². The van der Waals surface area contributed by atoms with Gasteiger partial charge in [-0.15, -0.1) is 10.2 Å². The average molecular weight is 399 g/mol. The molecule has 3 rings (SSSR count). The monoisotopic (exact) mass is 399 g/mol. The number of pyridine rings is 1. The van der Waals surface area contributed by atoms with Crippen molar-refractivity contribution in [3.05, 3.63) is 48.2 Å². The van der Waals surface area contributed by atoms with Crippen molar-refractivity contribution < 1.29 is 13.9 Å². The third kappa shape index (κ3) is 5.01. The molecule has 0 aliphatic heterocycles. The number of nitrogens with zero attached hydrogens (tertiary/aromatic N) is 4. The van der Waals surface area contributed by atoms with E-state index in [2.05, 4.69) is 20.5 Å². The summed E-state index contributed by atoms with van der Waals surface area (Å²) >= 11 is 1.19. The summed E-state index contributed by atoms with van der Waals surface area (Å²) in [6.45, 7) is 0.404. The fourth-order valence-corrected chi connectivity index (χ4v) is 3.05. The Balaban J connectivity index is 1.52. The van der Waals surface area contributed by atoms with Gasteiger partial charge in [-0.05, 0) is 30.3 Å². The minimum atomic E-state index is -0.122. The highest BCUT2D eigenvalue weighted by Crippen LogP contribution is 2.24. The highest BCUT2D eigenvalue weighted by Gasteiger charge is 2.12. The second-order valence-corrected chi connectivity index (χ2v) is 6.97. The SMILES string of the molecule is COc1ccc(-c2nnc(SCC(=O)NCc3cccnc3N(C)C)o2)cc1. The predicted molar refractivity (Wildman–Crippen MR) is 107 cm³/mol. The molecule has 9 heteroatoms. The van der Waals surface area contributed by atoms with Crippen LogP contribution in [0.5, 0.6) is 5.75 Å². The van der Waals surface area contributed by atoms with Crippen molar-refractivity contribution in [2.45, 2.75) is 11.8 Å². The molecule has 0 radical (unpaired) electrons. The van der Waals surface area contributed by atoms with Gasteiger partial charge in [-0.3, -0.25) is 4.79 Å². The molecule has 0 aliphatic rings. The van der Waals surface area contributed by atoms with E-state index in [1.165, 1.54) is 11.8 Å². The lowest BCUT2D eigenvalue weighted by molar-refractivity contribution is -0.118. The second-order valence-electron chi connectivity index (χ2n) is 6.05. The summed E-state index contributed by atoms with van der Waals surface area (Å²) in [5, 5.41) is 11.2. The molecule has 2 heterocycles. The average Bonchev–Trinajstić information content (AvgIpc) is 3.20. The van der Waals surface area contributed by atoms with E-state index < -0.39 is 0 Å². The molecule has 3 aromatic rings. The van der Waals surface area contributed by atoms with Gasteiger partial charge in [0.1, 0.15) is 11.6 Å². The van der Waals surface area contributed by atoms with Crippen molar-refractivity contribution >= 4 is 23.5 Å². The van der Waals surface area contributed by atoms with Gasteiger partial charge in [-0.25, -0.2) is 4.98 Å². The van der Waals surface area contributed by atoms with Gasteiger partial charge >= 0.3 is 0 Å². The van der Waals surface area contributed by atoms with E-state index in [4.69, 9.17) is 9.15 Å². The minimum absolute atomic E-state index is 0.122. The number of benzene rings is 1. The first-order chi connectivity index (χ1) is 13.6. The summed E-state index contributed by atoms with van der Waals surface area (Å²) in [5.74, 6) is 2.04. The molecule has 1 aromatic carbocycles. The number of ether oxygens (including phenoxy) is 1. The molecule has 0 bridgehead atoms. The van der Waals surface area contributed by atoms with E-state index in [1.54, 1.807) is 13.3 Å². The van der Waals surface area contributed by atoms with Crippen LogP contribution < -0.4 is 15.0 Å². The summed E-state index contributed by atoms with van der Waals surface area (Å²) in [6.07, 6.45) is 1.73. The third-order valence-corrected chi connectivity index (χ3v) is 4.66. The number of thioether (sulfide) groups is 1. The zero-order valence-electron chi connectivity index (χ0n) is 15.9. The molecule has 1 N–H and O–H groups in total. The molecule has 2 aromatic heterocycles. The molecular formula is C19H21N5O3S. The summed E-state index contributed by atoms with van der Waals surface area (Å²) in [4.78, 5) is 18.4. The van der Waals surface area contributed by atoms with Crippen LogP contribution >= 0.6 is 11.8 Å². The van der Waals surface area contributed by atoms with E-state index in [1.807, 2.05) is 55.4 Å². The van der Waals surface area contributed by atoms with Crippen LogP contribution in [-0.2, 0) is 11.3 Å². The van der Waals surface area contributed by atoms with Gasteiger partial charge in [0, 0.05) is 38.0 Å². The van der Waals surface area contributed by atoms with Crippen LogP contribution in [0.1, 0.15) is 5.56 Å². The fourth-order valence-electron chi connectivity index (χ4n) is 2.46. The van der Waals surface area contributed by atoms with Crippen LogP contribution in [0.25, 0.3) is 11.5 Å². The second kappa shape index (κ2) is 9.23. The van der Waals surface area contributed by atoms with E-state index in [0.717, 1.165) is 22.7 Å². The molecule has 1 amide bonds. The number of amides is 1. The normalized spacial score (nSPS) is 10.5. The third-order valence-electron chi connectivity index (χ3n) is 3.84. The van der Waals surface area contributed by atoms with Crippen LogP contribution in [0.4, 0.5) is 5.82 Å². The number of anilines is 1. The minimum Gasteiger partial charge on any atom is -0.497 e. The van der Waals surface area contributed by atoms with Gasteiger partial charge in [0.15, 0.2) is 0 Å². The van der Waals surface area contributed by atoms with Crippen molar-refractivity contribution in [1.29, 1.82) is 0 Å². The van der Waals surface area contributed by atoms with Crippen LogP contribution in [0, 0.1) is 0 Å². The Bertz CT molecular complexity index is 927. The van der Waals surface area contributed by atoms with Gasteiger partial charge in [-0.2, -0.15) is 0 Å². The maximum absolute atomic E-state index is 12.1. The number of aromatic nitrogens is 3. The molecule has 0 spiro atoms. The molecule has 146 valence electrons. The topological polar surface area (TPSA) is 93.4 Å². The number of rotatable bonds is 8. The van der Waals surface area contributed by atoms with Crippen molar-refractivity contribution in [3.63, 3.8) is 0 Å². The Morgan fingerprint density at radius 1 is 1.21 bits per heavy atom. The van der Waals surface area contributed by atoms with E-state index >= 15 is 0 Å². The number of carbonyl (C=O) groups is 1. The first-order valence-electron chi connectivity index (χ1n) is 8.55. The first kappa shape index (κ1) is 19.7. The molecule has 28 heavy (non-hydrogen) atoms. The van der Waals surface area contributed by atoms with Crippen molar-refractivity contribution in [3.8, 4) is 17.2 Å². The Morgan fingerprint density at radius 3 is 2.71 bits per heavy atom. The first-order valence-corrected chi connectivity index (χ1v) is 9.54. The Hall–Kier alpha value is -3.07. The summed E-state index contributed by atoms with van der Waals surface area (Å²) in [5.41, 5.74) is 1.74. The number of nitrogens with one attached hydrogen (secondary N) is 1. The quantitative estimate of drug-likeness (QED) is 0.578. The van der Waals surface area contributed by atoms with E-state index in [0.29, 0.717) is 17.7 Å². The summed E-state index contributed by atoms with van der Waals surface area (Å²) < 4.78 is 10.7. The highest BCUT2D eigenvalue weighted by atomic mass is 32.2. The molecule has 0 saturated carbocycles. The number of hydrogen-bond donors (Lipinski definition) is 1. The number of hydrogen-bond acceptors (Lipinski definition) is 8. The van der Waals surface area contributed by atoms with Crippen LogP contribution in [-0.4, -0.2) is 48.0 Å². The zero-order valence-corrected chi connectivity index (χ0v) is 16.7. The van der Waals surface area contributed by atoms with Crippen LogP contribution in [0.15, 0.2) is 52.2 Å². The molecule has 0 unspecified atom stereocenters. The van der Waals surface area contributed by atoms with Crippen molar-refractivity contribution in [1.82, 2.24) is 20.5 Å². The van der Waals surface area contributed by atoms with E-state index in [9.17, 15) is 4.79 Å². The van der Waals surface area contributed by atoms with E-state index in [-0.39, 0.29) is 11.7 Å². The van der Waals surface area contributed by atoms with Gasteiger partial charge < -0.3 is 19.4 Å². The molecule has 0 saturated heterocycles. The lowest BCUT2D eigenvalue weighted by atomic mass is 10.2. The lowest BCUT2D eigenvalue weighted by Gasteiger charge is -2.15. The Labute approximate surface area is 167 Å². The summed E-state index contributed by atoms with van der Waals surface area (Å²) in [6, 6.07) is 11.1. The molecule has 0 atom stereocenters. The van der Waals surface area contributed by atoms with Crippen LogP contribution in [0.2, 0.25) is 0 Å². The van der Waals surface area contributed by atoms with Crippen LogP contribution in [0.3, 0.4) is 0 Å². The van der Waals surface area contributed by atoms with Crippen molar-refractivity contribution in [2.75, 3.05) is 31.9 Å². The lowest BCUT2D eigenvalue weighted by Crippen LogP contribution is -2.26. The maximum Gasteiger partial charge on any atom is 0.277 e. The standard InChI is InChI=1S/C19H21N5O3S/c1-24(2)17-14(5-4-10-20-17)11-21-16(25)12-28-19-23-22-18(27-19)13-6-8-15(26-3)9-7-13/h4-10H,11-12H2,1-3H3,(H,21,25). The molecule has 0 fully saturated rings. The Morgan fingerprint density at radius 2 is 2.00 bits per heavy atom. The number of methoxy groups -OCH3 is 1.